The van der Waals surface area contributed by atoms with E-state index in [1.54, 1.807) is 35.2 Å². The lowest BCUT2D eigenvalue weighted by Crippen LogP contribution is -2.28. The van der Waals surface area contributed by atoms with Gasteiger partial charge in [0.15, 0.2) is 23.1 Å². The van der Waals surface area contributed by atoms with E-state index in [4.69, 9.17) is 5.11 Å². The zero-order valence-corrected chi connectivity index (χ0v) is 14.8. The summed E-state index contributed by atoms with van der Waals surface area (Å²) in [4.78, 5) is 25.9. The van der Waals surface area contributed by atoms with Crippen LogP contribution in [-0.2, 0) is 24.3 Å². The molecular formula is C20H17F2NO5. The second kappa shape index (κ2) is 6.96. The smallest absolute Gasteiger partial charge is 0.395 e. The predicted molar refractivity (Wildman–Crippen MR) is 93.3 cm³/mol. The second-order valence-corrected chi connectivity index (χ2v) is 6.84. The van der Waals surface area contributed by atoms with Crippen molar-refractivity contribution in [3.63, 3.8) is 0 Å². The molecule has 0 radical (unpaired) electrons. The fourth-order valence-electron chi connectivity index (χ4n) is 3.53. The highest BCUT2D eigenvalue weighted by atomic mass is 19.3. The number of ether oxygens (including phenoxy) is 2. The molecule has 8 heteroatoms. The minimum Gasteiger partial charge on any atom is -0.395 e. The number of rotatable bonds is 4. The van der Waals surface area contributed by atoms with Crippen molar-refractivity contribution in [3.8, 4) is 11.5 Å². The van der Waals surface area contributed by atoms with Crippen molar-refractivity contribution in [1.82, 2.24) is 4.90 Å². The molecular weight excluding hydrogens is 372 g/mol. The molecule has 28 heavy (non-hydrogen) atoms. The van der Waals surface area contributed by atoms with Gasteiger partial charge in [0.25, 0.3) is 0 Å². The number of ketones is 2. The number of alkyl halides is 2. The van der Waals surface area contributed by atoms with Gasteiger partial charge < -0.3 is 14.6 Å². The van der Waals surface area contributed by atoms with Gasteiger partial charge in [-0.1, -0.05) is 24.3 Å². The van der Waals surface area contributed by atoms with E-state index in [9.17, 15) is 18.4 Å². The Morgan fingerprint density at radius 3 is 2.75 bits per heavy atom. The SMILES string of the molecule is O=C1Cc2ccc(C(=O)CO)cc2CN(Cc2cccc3c2OC(F)(F)O3)C1. The summed E-state index contributed by atoms with van der Waals surface area (Å²) in [6.07, 6.45) is -3.48. The van der Waals surface area contributed by atoms with Crippen molar-refractivity contribution in [1.29, 1.82) is 0 Å². The van der Waals surface area contributed by atoms with E-state index in [0.717, 1.165) is 11.1 Å². The number of aliphatic hydroxyl groups is 1. The molecule has 0 aromatic heterocycles. The van der Waals surface area contributed by atoms with Crippen LogP contribution in [0.15, 0.2) is 36.4 Å². The summed E-state index contributed by atoms with van der Waals surface area (Å²) in [6.45, 7) is 0.0997. The fourth-order valence-corrected chi connectivity index (χ4v) is 3.53. The van der Waals surface area contributed by atoms with Crippen LogP contribution in [0.5, 0.6) is 11.5 Å². The summed E-state index contributed by atoms with van der Waals surface area (Å²) >= 11 is 0. The molecule has 0 unspecified atom stereocenters. The summed E-state index contributed by atoms with van der Waals surface area (Å²) in [6, 6.07) is 9.61. The van der Waals surface area contributed by atoms with Crippen LogP contribution < -0.4 is 9.47 Å². The number of para-hydroxylation sites is 1. The first kappa shape index (κ1) is 18.5. The maximum atomic E-state index is 13.4. The highest BCUT2D eigenvalue weighted by molar-refractivity contribution is 5.97. The minimum atomic E-state index is -3.71. The van der Waals surface area contributed by atoms with Crippen LogP contribution >= 0.6 is 0 Å². The van der Waals surface area contributed by atoms with E-state index in [-0.39, 0.29) is 36.8 Å². The van der Waals surface area contributed by atoms with E-state index in [0.29, 0.717) is 17.7 Å². The molecule has 2 aliphatic rings. The number of benzene rings is 2. The van der Waals surface area contributed by atoms with E-state index in [2.05, 4.69) is 9.47 Å². The second-order valence-electron chi connectivity index (χ2n) is 6.84. The largest absolute Gasteiger partial charge is 0.586 e. The molecule has 2 aliphatic heterocycles. The maximum absolute atomic E-state index is 13.4. The van der Waals surface area contributed by atoms with E-state index in [1.165, 1.54) is 6.07 Å². The van der Waals surface area contributed by atoms with Crippen LogP contribution in [-0.4, -0.2) is 41.0 Å². The third kappa shape index (κ3) is 3.61. The Kier molecular flexibility index (Phi) is 4.60. The average molecular weight is 389 g/mol. The molecule has 2 aromatic carbocycles. The summed E-state index contributed by atoms with van der Waals surface area (Å²) < 4.78 is 35.9. The third-order valence-electron chi connectivity index (χ3n) is 4.76. The third-order valence-corrected chi connectivity index (χ3v) is 4.76. The number of hydrogen-bond donors (Lipinski definition) is 1. The molecule has 6 nitrogen and oxygen atoms in total. The number of carbonyl (C=O) groups is 2. The Morgan fingerprint density at radius 1 is 1.14 bits per heavy atom. The van der Waals surface area contributed by atoms with Gasteiger partial charge in [-0.05, 0) is 23.3 Å². The van der Waals surface area contributed by atoms with E-state index in [1.807, 2.05) is 0 Å². The number of hydrogen-bond acceptors (Lipinski definition) is 6. The molecule has 0 amide bonds. The van der Waals surface area contributed by atoms with Gasteiger partial charge in [0, 0.05) is 30.6 Å². The fraction of sp³-hybridized carbons (Fsp3) is 0.300. The Labute approximate surface area is 159 Å². The van der Waals surface area contributed by atoms with Gasteiger partial charge in [0.1, 0.15) is 6.61 Å². The minimum absolute atomic E-state index is 0.0185. The van der Waals surface area contributed by atoms with Crippen molar-refractivity contribution >= 4 is 11.6 Å². The zero-order chi connectivity index (χ0) is 19.9. The van der Waals surface area contributed by atoms with Gasteiger partial charge in [0.2, 0.25) is 0 Å². The van der Waals surface area contributed by atoms with Crippen LogP contribution in [0.25, 0.3) is 0 Å². The summed E-state index contributed by atoms with van der Waals surface area (Å²) in [5.41, 5.74) is 2.45. The molecule has 0 saturated carbocycles. The lowest BCUT2D eigenvalue weighted by molar-refractivity contribution is -0.287. The maximum Gasteiger partial charge on any atom is 0.586 e. The summed E-state index contributed by atoms with van der Waals surface area (Å²) in [5.74, 6) is -0.498. The number of carbonyl (C=O) groups excluding carboxylic acids is 2. The lowest BCUT2D eigenvalue weighted by Gasteiger charge is -2.21. The first-order valence-corrected chi connectivity index (χ1v) is 8.72. The van der Waals surface area contributed by atoms with Crippen molar-refractivity contribution in [2.75, 3.05) is 13.2 Å². The number of aliphatic hydroxyl groups excluding tert-OH is 1. The molecule has 0 atom stereocenters. The average Bonchev–Trinajstić information content (AvgIpc) is 2.87. The highest BCUT2D eigenvalue weighted by Crippen LogP contribution is 2.43. The molecule has 0 fully saturated rings. The summed E-state index contributed by atoms with van der Waals surface area (Å²) in [7, 11) is 0. The molecule has 1 N–H and O–H groups in total. The van der Waals surface area contributed by atoms with Crippen molar-refractivity contribution in [3.05, 3.63) is 58.7 Å². The molecule has 146 valence electrons. The van der Waals surface area contributed by atoms with Crippen LogP contribution in [0, 0.1) is 0 Å². The first-order valence-electron chi connectivity index (χ1n) is 8.72. The Balaban J connectivity index is 1.61. The molecule has 0 spiro atoms. The van der Waals surface area contributed by atoms with Crippen LogP contribution in [0.1, 0.15) is 27.0 Å². The van der Waals surface area contributed by atoms with Gasteiger partial charge in [-0.25, -0.2) is 0 Å². The monoisotopic (exact) mass is 389 g/mol. The number of nitrogens with zero attached hydrogens (tertiary/aromatic N) is 1. The normalized spacial score (nSPS) is 17.9. The van der Waals surface area contributed by atoms with Crippen LogP contribution in [0.4, 0.5) is 8.78 Å². The van der Waals surface area contributed by atoms with Crippen LogP contribution in [0.2, 0.25) is 0 Å². The molecule has 0 aliphatic carbocycles. The molecule has 2 aromatic rings. The van der Waals surface area contributed by atoms with Crippen molar-refractivity contribution in [2.24, 2.45) is 0 Å². The van der Waals surface area contributed by atoms with Crippen LogP contribution in [0.3, 0.4) is 0 Å². The quantitative estimate of drug-likeness (QED) is 0.809. The van der Waals surface area contributed by atoms with Gasteiger partial charge in [-0.3, -0.25) is 14.5 Å². The van der Waals surface area contributed by atoms with Gasteiger partial charge >= 0.3 is 6.29 Å². The molecule has 2 heterocycles. The lowest BCUT2D eigenvalue weighted by atomic mass is 9.99. The Bertz CT molecular complexity index is 960. The first-order chi connectivity index (χ1) is 13.3. The molecule has 0 bridgehead atoms. The zero-order valence-electron chi connectivity index (χ0n) is 14.8. The topological polar surface area (TPSA) is 76.1 Å². The van der Waals surface area contributed by atoms with Gasteiger partial charge in [0.05, 0.1) is 6.54 Å². The van der Waals surface area contributed by atoms with Crippen molar-refractivity contribution < 1.29 is 33.0 Å². The number of halogens is 2. The summed E-state index contributed by atoms with van der Waals surface area (Å²) in [5, 5.41) is 9.07. The predicted octanol–water partition coefficient (Wildman–Crippen LogP) is 2.31. The number of Topliss-reactive ketones (excluding diaryl/α,β-unsaturated/α-hetero) is 2. The van der Waals surface area contributed by atoms with Crippen molar-refractivity contribution in [2.45, 2.75) is 25.8 Å². The highest BCUT2D eigenvalue weighted by Gasteiger charge is 2.44. The van der Waals surface area contributed by atoms with E-state index < -0.39 is 18.7 Å². The van der Waals surface area contributed by atoms with Gasteiger partial charge in [-0.15, -0.1) is 8.78 Å². The van der Waals surface area contributed by atoms with Gasteiger partial charge in [-0.2, -0.15) is 0 Å². The molecule has 4 rings (SSSR count). The standard InChI is InChI=1S/C20H17F2NO5/c21-20(22)27-18-3-1-2-14(19(18)28-20)8-23-9-15-6-13(17(26)11-24)5-4-12(15)7-16(25)10-23/h1-6,24H,7-11H2. The van der Waals surface area contributed by atoms with E-state index >= 15 is 0 Å². The number of fused-ring (bicyclic) bond motifs is 2. The Morgan fingerprint density at radius 2 is 1.96 bits per heavy atom. The Hall–Kier alpha value is -2.84. The molecule has 0 saturated heterocycles.